The highest BCUT2D eigenvalue weighted by Gasteiger charge is 2.31. The summed E-state index contributed by atoms with van der Waals surface area (Å²) in [6.07, 6.45) is 0. The molecule has 3 aromatic rings. The van der Waals surface area contributed by atoms with Gasteiger partial charge in [-0.15, -0.1) is 0 Å². The van der Waals surface area contributed by atoms with Gasteiger partial charge < -0.3 is 19.7 Å². The molecule has 3 rings (SSSR count). The fourth-order valence-corrected chi connectivity index (χ4v) is 2.94. The Balaban J connectivity index is 2.04. The third-order valence-electron chi connectivity index (χ3n) is 4.19. The highest BCUT2D eigenvalue weighted by Crippen LogP contribution is 2.36. The van der Waals surface area contributed by atoms with E-state index in [4.69, 9.17) is 20.9 Å². The predicted molar refractivity (Wildman–Crippen MR) is 104 cm³/mol. The van der Waals surface area contributed by atoms with Crippen LogP contribution in [0, 0.1) is 6.92 Å². The Morgan fingerprint density at radius 1 is 1.25 bits per heavy atom. The molecule has 1 amide bonds. The van der Waals surface area contributed by atoms with Crippen molar-refractivity contribution in [2.75, 3.05) is 0 Å². The van der Waals surface area contributed by atoms with Crippen LogP contribution in [0.1, 0.15) is 35.7 Å². The van der Waals surface area contributed by atoms with Crippen molar-refractivity contribution in [3.05, 3.63) is 58.4 Å². The number of hydrogen-bond donors (Lipinski definition) is 2. The molecule has 2 N–H and O–H groups in total. The fraction of sp³-hybridized carbons (Fsp3) is 0.250. The summed E-state index contributed by atoms with van der Waals surface area (Å²) in [5.41, 5.74) is -0.762. The van der Waals surface area contributed by atoms with Crippen molar-refractivity contribution in [3.63, 3.8) is 0 Å². The number of halogens is 1. The Hall–Kier alpha value is -3.06. The molecule has 8 heteroatoms. The number of aromatic nitrogens is 1. The van der Waals surface area contributed by atoms with Gasteiger partial charge in [-0.3, -0.25) is 4.79 Å². The zero-order valence-corrected chi connectivity index (χ0v) is 16.3. The Morgan fingerprint density at radius 3 is 2.54 bits per heavy atom. The molecule has 0 bridgehead atoms. The van der Waals surface area contributed by atoms with Crippen LogP contribution in [0.3, 0.4) is 0 Å². The third-order valence-corrected chi connectivity index (χ3v) is 4.50. The zero-order chi connectivity index (χ0) is 20.5. The molecular formula is C20H19ClN2O5. The number of fused-ring (bicyclic) bond motifs is 1. The number of amides is 1. The molecule has 0 atom stereocenters. The van der Waals surface area contributed by atoms with Gasteiger partial charge in [0.15, 0.2) is 0 Å². The summed E-state index contributed by atoms with van der Waals surface area (Å²) in [6.45, 7) is 4.63. The predicted octanol–water partition coefficient (Wildman–Crippen LogP) is 3.96. The number of carbonyl (C=O) groups excluding carboxylic acids is 1. The lowest BCUT2D eigenvalue weighted by molar-refractivity contribution is -0.143. The number of rotatable bonds is 6. The maximum atomic E-state index is 12.8. The van der Waals surface area contributed by atoms with Crippen LogP contribution in [0.2, 0.25) is 5.02 Å². The zero-order valence-electron chi connectivity index (χ0n) is 15.6. The number of carboxylic acid groups (broad SMARTS) is 1. The number of ether oxygens (including phenoxy) is 1. The second-order valence-corrected chi connectivity index (χ2v) is 7.29. The summed E-state index contributed by atoms with van der Waals surface area (Å²) in [7, 11) is 0. The van der Waals surface area contributed by atoms with Gasteiger partial charge in [-0.25, -0.2) is 4.79 Å². The van der Waals surface area contributed by atoms with Gasteiger partial charge >= 0.3 is 5.97 Å². The Kier molecular flexibility index (Phi) is 5.29. The fourth-order valence-electron chi connectivity index (χ4n) is 2.67. The molecule has 2 aromatic carbocycles. The molecule has 0 saturated heterocycles. The molecule has 146 valence electrons. The topological polar surface area (TPSA) is 102 Å². The third kappa shape index (κ3) is 3.94. The standard InChI is InChI=1S/C20H19ClN2O5/c1-11-8-12(23-28-11)10-27-17-14-7-5-4-6-13(14)16(21)9-15(17)18(24)22-20(2,3)19(25)26/h4-9H,10H2,1-3H3,(H,22,24)(H,25,26). The molecule has 7 nitrogen and oxygen atoms in total. The van der Waals surface area contributed by atoms with E-state index in [1.807, 2.05) is 12.1 Å². The number of nitrogens with one attached hydrogen (secondary N) is 1. The Labute approximate surface area is 166 Å². The van der Waals surface area contributed by atoms with Gasteiger partial charge in [-0.1, -0.05) is 41.0 Å². The summed E-state index contributed by atoms with van der Waals surface area (Å²) in [4.78, 5) is 24.2. The Bertz CT molecular complexity index is 1060. The molecule has 0 fully saturated rings. The summed E-state index contributed by atoms with van der Waals surface area (Å²) in [6, 6.07) is 10.4. The van der Waals surface area contributed by atoms with E-state index in [9.17, 15) is 14.7 Å². The van der Waals surface area contributed by atoms with Crippen molar-refractivity contribution in [1.29, 1.82) is 0 Å². The molecule has 0 aliphatic heterocycles. The lowest BCUT2D eigenvalue weighted by atomic mass is 10.0. The van der Waals surface area contributed by atoms with E-state index in [1.54, 1.807) is 25.1 Å². The van der Waals surface area contributed by atoms with Crippen molar-refractivity contribution >= 4 is 34.2 Å². The smallest absolute Gasteiger partial charge is 0.328 e. The highest BCUT2D eigenvalue weighted by molar-refractivity contribution is 6.36. The minimum Gasteiger partial charge on any atom is -0.486 e. The number of aryl methyl sites for hydroxylation is 1. The monoisotopic (exact) mass is 402 g/mol. The first-order chi connectivity index (χ1) is 13.2. The average Bonchev–Trinajstić information content (AvgIpc) is 3.05. The number of carbonyl (C=O) groups is 2. The van der Waals surface area contributed by atoms with E-state index in [0.717, 1.165) is 0 Å². The van der Waals surface area contributed by atoms with E-state index >= 15 is 0 Å². The van der Waals surface area contributed by atoms with Crippen molar-refractivity contribution in [2.24, 2.45) is 0 Å². The van der Waals surface area contributed by atoms with Crippen molar-refractivity contribution in [3.8, 4) is 5.75 Å². The average molecular weight is 403 g/mol. The van der Waals surface area contributed by atoms with Gasteiger partial charge in [-0.2, -0.15) is 0 Å². The first-order valence-electron chi connectivity index (χ1n) is 8.51. The van der Waals surface area contributed by atoms with Crippen LogP contribution < -0.4 is 10.1 Å². The number of hydrogen-bond acceptors (Lipinski definition) is 5. The maximum absolute atomic E-state index is 12.8. The molecule has 0 aliphatic carbocycles. The number of benzene rings is 2. The SMILES string of the molecule is Cc1cc(COc2c(C(=O)NC(C)(C)C(=O)O)cc(Cl)c3ccccc23)no1. The van der Waals surface area contributed by atoms with Gasteiger partial charge in [0.05, 0.1) is 5.56 Å². The van der Waals surface area contributed by atoms with Crippen LogP contribution in [0.25, 0.3) is 10.8 Å². The molecule has 1 aromatic heterocycles. The van der Waals surface area contributed by atoms with E-state index < -0.39 is 17.4 Å². The minimum absolute atomic E-state index is 0.0750. The van der Waals surface area contributed by atoms with Gasteiger partial charge in [-0.05, 0) is 26.8 Å². The first kappa shape index (κ1) is 19.7. The van der Waals surface area contributed by atoms with Gasteiger partial charge in [0, 0.05) is 21.9 Å². The minimum atomic E-state index is -1.46. The largest absolute Gasteiger partial charge is 0.486 e. The van der Waals surface area contributed by atoms with Crippen LogP contribution >= 0.6 is 11.6 Å². The van der Waals surface area contributed by atoms with E-state index in [1.165, 1.54) is 19.9 Å². The van der Waals surface area contributed by atoms with Gasteiger partial charge in [0.1, 0.15) is 29.3 Å². The van der Waals surface area contributed by atoms with Crippen LogP contribution in [-0.2, 0) is 11.4 Å². The van der Waals surface area contributed by atoms with E-state index in [-0.39, 0.29) is 12.2 Å². The lowest BCUT2D eigenvalue weighted by Crippen LogP contribution is -2.49. The second kappa shape index (κ2) is 7.52. The second-order valence-electron chi connectivity index (χ2n) is 6.88. The molecule has 0 spiro atoms. The number of aliphatic carboxylic acids is 1. The van der Waals surface area contributed by atoms with Crippen LogP contribution in [0.15, 0.2) is 40.9 Å². The van der Waals surface area contributed by atoms with Crippen LogP contribution in [0.4, 0.5) is 0 Å². The summed E-state index contributed by atoms with van der Waals surface area (Å²) in [5, 5.41) is 17.4. The molecule has 28 heavy (non-hydrogen) atoms. The molecule has 0 unspecified atom stereocenters. The Morgan fingerprint density at radius 2 is 1.93 bits per heavy atom. The van der Waals surface area contributed by atoms with Crippen molar-refractivity contribution < 1.29 is 24.0 Å². The lowest BCUT2D eigenvalue weighted by Gasteiger charge is -2.22. The van der Waals surface area contributed by atoms with Gasteiger partial charge in [0.25, 0.3) is 5.91 Å². The quantitative estimate of drug-likeness (QED) is 0.647. The van der Waals surface area contributed by atoms with E-state index in [2.05, 4.69) is 10.5 Å². The van der Waals surface area contributed by atoms with Crippen molar-refractivity contribution in [2.45, 2.75) is 32.9 Å². The first-order valence-corrected chi connectivity index (χ1v) is 8.89. The summed E-state index contributed by atoms with van der Waals surface area (Å²) >= 11 is 6.35. The van der Waals surface area contributed by atoms with E-state index in [0.29, 0.717) is 33.0 Å². The molecule has 0 saturated carbocycles. The van der Waals surface area contributed by atoms with Crippen molar-refractivity contribution in [1.82, 2.24) is 10.5 Å². The van der Waals surface area contributed by atoms with Gasteiger partial charge in [0.2, 0.25) is 0 Å². The van der Waals surface area contributed by atoms with Crippen LogP contribution in [-0.4, -0.2) is 27.7 Å². The summed E-state index contributed by atoms with van der Waals surface area (Å²) in [5.74, 6) is -0.834. The highest BCUT2D eigenvalue weighted by atomic mass is 35.5. The number of nitrogens with zero attached hydrogens (tertiary/aromatic N) is 1. The molecule has 0 radical (unpaired) electrons. The maximum Gasteiger partial charge on any atom is 0.328 e. The molecule has 1 heterocycles. The summed E-state index contributed by atoms with van der Waals surface area (Å²) < 4.78 is 10.9. The number of carboxylic acids is 1. The molecule has 0 aliphatic rings. The molecular weight excluding hydrogens is 384 g/mol. The normalized spacial score (nSPS) is 11.4. The van der Waals surface area contributed by atoms with Crippen LogP contribution in [0.5, 0.6) is 5.75 Å².